The Labute approximate surface area is 249 Å². The number of ketones is 1. The molecule has 0 aliphatic carbocycles. The summed E-state index contributed by atoms with van der Waals surface area (Å²) in [5, 5.41) is 22.7. The van der Waals surface area contributed by atoms with Crippen LogP contribution in [0.25, 0.3) is 0 Å². The second-order valence-electron chi connectivity index (χ2n) is 11.3. The van der Waals surface area contributed by atoms with E-state index in [1.54, 1.807) is 59.2 Å². The van der Waals surface area contributed by atoms with Gasteiger partial charge in [-0.15, -0.1) is 6.58 Å². The van der Waals surface area contributed by atoms with Gasteiger partial charge >= 0.3 is 5.97 Å². The molecule has 0 amide bonds. The minimum atomic E-state index is -1.38. The minimum Gasteiger partial charge on any atom is -0.462 e. The zero-order valence-electron chi connectivity index (χ0n) is 25.7. The van der Waals surface area contributed by atoms with Gasteiger partial charge < -0.3 is 43.6 Å². The van der Waals surface area contributed by atoms with Crippen LogP contribution in [-0.4, -0.2) is 116 Å². The number of esters is 1. The SMILES string of the molecule is C=CCO[C@H]1[C@H](N(C)C)[C@@H](O)[C@H](O[C@H]2[C@@H](CC=O)C[C@@H](C)C(=O)/C=C/C=C/C[C@@H](C)OC(=O)C[C@@H](O)[C@@H]2OC)O[C@@H]1C. The highest BCUT2D eigenvalue weighted by Crippen LogP contribution is 2.33. The molecular formula is C31H49NO10. The Morgan fingerprint density at radius 2 is 1.83 bits per heavy atom. The number of carbonyl (C=O) groups excluding carboxylic acids is 3. The largest absolute Gasteiger partial charge is 0.462 e. The van der Waals surface area contributed by atoms with Gasteiger partial charge in [0.1, 0.15) is 30.7 Å². The first-order chi connectivity index (χ1) is 19.9. The molecule has 0 aromatic carbocycles. The maximum atomic E-state index is 12.9. The number of carbonyl (C=O) groups is 3. The summed E-state index contributed by atoms with van der Waals surface area (Å²) >= 11 is 0. The van der Waals surface area contributed by atoms with Gasteiger partial charge in [-0.3, -0.25) is 9.59 Å². The number of nitrogens with zero attached hydrogens (tertiary/aromatic N) is 1. The van der Waals surface area contributed by atoms with E-state index in [2.05, 4.69) is 6.58 Å². The van der Waals surface area contributed by atoms with Gasteiger partial charge in [0.15, 0.2) is 12.1 Å². The highest BCUT2D eigenvalue weighted by Gasteiger charge is 2.48. The normalized spacial score (nSPS) is 38.9. The number of cyclic esters (lactones) is 1. The van der Waals surface area contributed by atoms with Gasteiger partial charge in [-0.1, -0.05) is 31.2 Å². The van der Waals surface area contributed by atoms with E-state index in [0.29, 0.717) is 12.7 Å². The Morgan fingerprint density at radius 3 is 2.45 bits per heavy atom. The summed E-state index contributed by atoms with van der Waals surface area (Å²) in [5.74, 6) is -1.90. The lowest BCUT2D eigenvalue weighted by atomic mass is 9.83. The molecule has 238 valence electrons. The Hall–Kier alpha value is -2.25. The van der Waals surface area contributed by atoms with Crippen LogP contribution >= 0.6 is 0 Å². The predicted octanol–water partition coefficient (Wildman–Crippen LogP) is 1.99. The molecular weight excluding hydrogens is 546 g/mol. The average Bonchev–Trinajstić information content (AvgIpc) is 2.92. The molecule has 2 aliphatic rings. The third kappa shape index (κ3) is 10.2. The van der Waals surface area contributed by atoms with Gasteiger partial charge in [0.05, 0.1) is 37.4 Å². The maximum absolute atomic E-state index is 12.9. The predicted molar refractivity (Wildman–Crippen MR) is 155 cm³/mol. The van der Waals surface area contributed by atoms with Crippen molar-refractivity contribution in [2.75, 3.05) is 27.8 Å². The van der Waals surface area contributed by atoms with E-state index >= 15 is 0 Å². The van der Waals surface area contributed by atoms with E-state index in [9.17, 15) is 24.6 Å². The first-order valence-corrected chi connectivity index (χ1v) is 14.5. The van der Waals surface area contributed by atoms with E-state index in [0.717, 1.165) is 0 Å². The molecule has 11 atom stereocenters. The van der Waals surface area contributed by atoms with Gasteiger partial charge in [-0.05, 0) is 46.4 Å². The van der Waals surface area contributed by atoms with Crippen molar-refractivity contribution in [3.63, 3.8) is 0 Å². The molecule has 11 nitrogen and oxygen atoms in total. The monoisotopic (exact) mass is 595 g/mol. The van der Waals surface area contributed by atoms with E-state index in [1.807, 2.05) is 4.90 Å². The van der Waals surface area contributed by atoms with Crippen LogP contribution in [0.4, 0.5) is 0 Å². The van der Waals surface area contributed by atoms with Crippen LogP contribution in [0, 0.1) is 11.8 Å². The number of likely N-dealkylation sites (N-methyl/N-ethyl adjacent to an activating group) is 1. The summed E-state index contributed by atoms with van der Waals surface area (Å²) < 4.78 is 29.6. The van der Waals surface area contributed by atoms with Gasteiger partial charge in [-0.25, -0.2) is 0 Å². The minimum absolute atomic E-state index is 0.0273. The highest BCUT2D eigenvalue weighted by molar-refractivity contribution is 5.91. The summed E-state index contributed by atoms with van der Waals surface area (Å²) in [7, 11) is 4.97. The number of aliphatic hydroxyl groups excluding tert-OH is 2. The molecule has 1 fully saturated rings. The van der Waals surface area contributed by atoms with Gasteiger partial charge in [0, 0.05) is 25.9 Å². The summed E-state index contributed by atoms with van der Waals surface area (Å²) in [6.45, 7) is 9.23. The second-order valence-corrected chi connectivity index (χ2v) is 11.3. The fraction of sp³-hybridized carbons (Fsp3) is 0.710. The molecule has 2 heterocycles. The van der Waals surface area contributed by atoms with Crippen LogP contribution in [0.3, 0.4) is 0 Å². The molecule has 0 radical (unpaired) electrons. The Morgan fingerprint density at radius 1 is 1.12 bits per heavy atom. The van der Waals surface area contributed by atoms with Crippen molar-refractivity contribution >= 4 is 18.0 Å². The first-order valence-electron chi connectivity index (χ1n) is 14.5. The molecule has 0 unspecified atom stereocenters. The van der Waals surface area contributed by atoms with Crippen LogP contribution in [0.1, 0.15) is 46.5 Å². The van der Waals surface area contributed by atoms with E-state index in [1.165, 1.54) is 13.2 Å². The lowest BCUT2D eigenvalue weighted by molar-refractivity contribution is -0.313. The average molecular weight is 596 g/mol. The molecule has 42 heavy (non-hydrogen) atoms. The summed E-state index contributed by atoms with van der Waals surface area (Å²) in [6, 6.07) is -0.532. The molecule has 1 saturated heterocycles. The molecule has 0 aromatic heterocycles. The molecule has 2 rings (SSSR count). The van der Waals surface area contributed by atoms with Gasteiger partial charge in [0.25, 0.3) is 0 Å². The van der Waals surface area contributed by atoms with Crippen molar-refractivity contribution in [1.82, 2.24) is 4.90 Å². The molecule has 0 spiro atoms. The van der Waals surface area contributed by atoms with Crippen molar-refractivity contribution in [2.24, 2.45) is 11.8 Å². The van der Waals surface area contributed by atoms with Crippen molar-refractivity contribution in [2.45, 2.75) is 102 Å². The van der Waals surface area contributed by atoms with Gasteiger partial charge in [-0.2, -0.15) is 0 Å². The highest BCUT2D eigenvalue weighted by atomic mass is 16.7. The summed E-state index contributed by atoms with van der Waals surface area (Å²) in [5.41, 5.74) is 0. The Balaban J connectivity index is 2.50. The molecule has 0 bridgehead atoms. The fourth-order valence-electron chi connectivity index (χ4n) is 5.58. The van der Waals surface area contributed by atoms with Crippen LogP contribution in [0.5, 0.6) is 0 Å². The second kappa shape index (κ2) is 17.8. The lowest BCUT2D eigenvalue weighted by Crippen LogP contribution is -2.64. The van der Waals surface area contributed by atoms with E-state index < -0.39 is 79.3 Å². The van der Waals surface area contributed by atoms with Crippen molar-refractivity contribution < 1.29 is 48.3 Å². The van der Waals surface area contributed by atoms with E-state index in [4.69, 9.17) is 23.7 Å². The zero-order valence-corrected chi connectivity index (χ0v) is 25.7. The summed E-state index contributed by atoms with van der Waals surface area (Å²) in [4.78, 5) is 39.3. The smallest absolute Gasteiger partial charge is 0.308 e. The Bertz CT molecular complexity index is 937. The molecule has 11 heteroatoms. The lowest BCUT2D eigenvalue weighted by Gasteiger charge is -2.48. The third-order valence-electron chi connectivity index (χ3n) is 7.74. The third-order valence-corrected chi connectivity index (χ3v) is 7.74. The van der Waals surface area contributed by atoms with Crippen molar-refractivity contribution in [3.8, 4) is 0 Å². The van der Waals surface area contributed by atoms with Crippen molar-refractivity contribution in [1.29, 1.82) is 0 Å². The number of rotatable bonds is 9. The summed E-state index contributed by atoms with van der Waals surface area (Å²) in [6.07, 6.45) is 1.71. The Kier molecular flexibility index (Phi) is 15.2. The van der Waals surface area contributed by atoms with Crippen LogP contribution in [0.15, 0.2) is 37.0 Å². The number of ether oxygens (including phenoxy) is 5. The molecule has 0 saturated carbocycles. The molecule has 2 aliphatic heterocycles. The number of hydrogen-bond acceptors (Lipinski definition) is 11. The number of allylic oxidation sites excluding steroid dienone is 3. The van der Waals surface area contributed by atoms with Crippen LogP contribution < -0.4 is 0 Å². The van der Waals surface area contributed by atoms with Crippen molar-refractivity contribution in [3.05, 3.63) is 37.0 Å². The van der Waals surface area contributed by atoms with Gasteiger partial charge in [0.2, 0.25) is 0 Å². The quantitative estimate of drug-likeness (QED) is 0.230. The number of aliphatic hydroxyl groups is 2. The first kappa shape index (κ1) is 35.9. The van der Waals surface area contributed by atoms with E-state index in [-0.39, 0.29) is 25.2 Å². The number of aldehydes is 1. The number of methoxy groups -OCH3 is 1. The standard InChI is InChI=1S/C31H49NO10/c1-8-16-39-28-21(4)41-31(27(37)26(28)32(5)6)42-29-22(14-15-33)17-19(2)23(34)13-11-9-10-12-20(3)40-25(36)18-24(35)30(29)38-7/h8-11,13,15,19-22,24,26-31,35,37H,1,12,14,16-18H2,2-7H3/b10-9+,13-11+/t19-,20-,21-,22+,24-,26-,27-,28-,29+,30+,31+/m1/s1. The molecule has 0 aromatic rings. The maximum Gasteiger partial charge on any atom is 0.308 e. The molecule has 2 N–H and O–H groups in total. The van der Waals surface area contributed by atoms with Crippen LogP contribution in [-0.2, 0) is 38.1 Å². The topological polar surface area (TPSA) is 141 Å². The number of hydrogen-bond donors (Lipinski definition) is 2. The van der Waals surface area contributed by atoms with Crippen LogP contribution in [0.2, 0.25) is 0 Å². The zero-order chi connectivity index (χ0) is 31.4. The fourth-order valence-corrected chi connectivity index (χ4v) is 5.58.